The molecule has 7 heteroatoms. The Morgan fingerprint density at radius 1 is 1.30 bits per heavy atom. The molecule has 0 aliphatic carbocycles. The van der Waals surface area contributed by atoms with Crippen LogP contribution in [0.15, 0.2) is 28.7 Å². The number of nitrogens with one attached hydrogen (secondary N) is 2. The Kier molecular flexibility index (Phi) is 6.15. The molecule has 1 aromatic carbocycles. The van der Waals surface area contributed by atoms with Gasteiger partial charge >= 0.3 is 5.97 Å². The maximum absolute atomic E-state index is 12.7. The molecule has 1 amide bonds. The number of aliphatic carboxylic acids is 1. The second kappa shape index (κ2) is 7.90. The minimum Gasteiger partial charge on any atom is -0.481 e. The first kappa shape index (κ1) is 17.9. The zero-order valence-electron chi connectivity index (χ0n) is 13.3. The van der Waals surface area contributed by atoms with Crippen LogP contribution in [-0.4, -0.2) is 40.5 Å². The minimum absolute atomic E-state index is 0.0321. The Labute approximate surface area is 144 Å². The molecule has 2 atom stereocenters. The monoisotopic (exact) mass is 383 g/mol. The quantitative estimate of drug-likeness (QED) is 0.700. The summed E-state index contributed by atoms with van der Waals surface area (Å²) < 4.78 is 1.01. The summed E-state index contributed by atoms with van der Waals surface area (Å²) in [7, 11) is 0. The lowest BCUT2D eigenvalue weighted by Crippen LogP contribution is -2.48. The van der Waals surface area contributed by atoms with Gasteiger partial charge in [0, 0.05) is 23.1 Å². The van der Waals surface area contributed by atoms with E-state index < -0.39 is 5.97 Å². The number of amides is 1. The molecule has 1 heterocycles. The van der Waals surface area contributed by atoms with Gasteiger partial charge in [-0.05, 0) is 38.0 Å². The number of carboxylic acid groups (broad SMARTS) is 1. The minimum atomic E-state index is -0.895. The molecule has 1 fully saturated rings. The van der Waals surface area contributed by atoms with E-state index in [0.29, 0.717) is 6.42 Å². The Morgan fingerprint density at radius 2 is 1.96 bits per heavy atom. The normalized spacial score (nSPS) is 20.7. The molecular formula is C16H22BrN3O3. The molecule has 0 saturated carbocycles. The SMILES string of the molecule is CC(C)N(CCC(=O)O)C(=O)C1CC(c2ccc(Br)cc2)NN1. The highest BCUT2D eigenvalue weighted by Gasteiger charge is 2.33. The second-order valence-corrected chi connectivity index (χ2v) is 6.87. The van der Waals surface area contributed by atoms with Crippen LogP contribution < -0.4 is 10.9 Å². The summed E-state index contributed by atoms with van der Waals surface area (Å²) in [6.45, 7) is 4.02. The highest BCUT2D eigenvalue weighted by atomic mass is 79.9. The summed E-state index contributed by atoms with van der Waals surface area (Å²) in [6.07, 6.45) is 0.594. The van der Waals surface area contributed by atoms with E-state index in [1.807, 2.05) is 38.1 Å². The van der Waals surface area contributed by atoms with E-state index in [-0.39, 0.29) is 37.0 Å². The lowest BCUT2D eigenvalue weighted by molar-refractivity contribution is -0.139. The van der Waals surface area contributed by atoms with Crippen LogP contribution in [0.1, 0.15) is 38.3 Å². The van der Waals surface area contributed by atoms with Crippen molar-refractivity contribution in [2.75, 3.05) is 6.54 Å². The van der Waals surface area contributed by atoms with Crippen LogP contribution in [0, 0.1) is 0 Å². The van der Waals surface area contributed by atoms with Gasteiger partial charge in [-0.1, -0.05) is 28.1 Å². The van der Waals surface area contributed by atoms with Gasteiger partial charge in [-0.3, -0.25) is 9.59 Å². The fourth-order valence-corrected chi connectivity index (χ4v) is 2.94. The van der Waals surface area contributed by atoms with Crippen LogP contribution in [0.5, 0.6) is 0 Å². The number of benzene rings is 1. The Morgan fingerprint density at radius 3 is 2.52 bits per heavy atom. The van der Waals surface area contributed by atoms with Crippen molar-refractivity contribution in [3.05, 3.63) is 34.3 Å². The second-order valence-electron chi connectivity index (χ2n) is 5.95. The number of hydrogen-bond acceptors (Lipinski definition) is 4. The van der Waals surface area contributed by atoms with E-state index in [4.69, 9.17) is 5.11 Å². The molecule has 1 aliphatic rings. The van der Waals surface area contributed by atoms with Crippen LogP contribution >= 0.6 is 15.9 Å². The first-order valence-corrected chi connectivity index (χ1v) is 8.46. The number of carboxylic acids is 1. The van der Waals surface area contributed by atoms with Gasteiger partial charge in [0.2, 0.25) is 5.91 Å². The van der Waals surface area contributed by atoms with Gasteiger partial charge in [0.05, 0.1) is 6.42 Å². The molecule has 0 spiro atoms. The van der Waals surface area contributed by atoms with Gasteiger partial charge in [-0.25, -0.2) is 10.9 Å². The van der Waals surface area contributed by atoms with E-state index >= 15 is 0 Å². The fraction of sp³-hybridized carbons (Fsp3) is 0.500. The number of nitrogens with zero attached hydrogens (tertiary/aromatic N) is 1. The average Bonchev–Trinajstić information content (AvgIpc) is 2.97. The van der Waals surface area contributed by atoms with E-state index in [1.54, 1.807) is 4.90 Å². The third-order valence-electron chi connectivity index (χ3n) is 3.95. The van der Waals surface area contributed by atoms with Gasteiger partial charge in [0.15, 0.2) is 0 Å². The van der Waals surface area contributed by atoms with Crippen LogP contribution in [0.4, 0.5) is 0 Å². The van der Waals surface area contributed by atoms with Crippen molar-refractivity contribution in [3.8, 4) is 0 Å². The molecule has 0 aromatic heterocycles. The molecule has 0 radical (unpaired) electrons. The number of rotatable bonds is 6. The molecule has 2 unspecified atom stereocenters. The maximum atomic E-state index is 12.7. The van der Waals surface area contributed by atoms with Gasteiger partial charge in [0.25, 0.3) is 0 Å². The summed E-state index contributed by atoms with van der Waals surface area (Å²) in [4.78, 5) is 25.0. The van der Waals surface area contributed by atoms with E-state index in [9.17, 15) is 9.59 Å². The first-order chi connectivity index (χ1) is 10.9. The summed E-state index contributed by atoms with van der Waals surface area (Å²) >= 11 is 3.41. The van der Waals surface area contributed by atoms with Crippen LogP contribution in [0.2, 0.25) is 0 Å². The first-order valence-electron chi connectivity index (χ1n) is 7.67. The van der Waals surface area contributed by atoms with Gasteiger partial charge < -0.3 is 10.0 Å². The van der Waals surface area contributed by atoms with Crippen molar-refractivity contribution in [2.24, 2.45) is 0 Å². The number of halogens is 1. The third-order valence-corrected chi connectivity index (χ3v) is 4.48. The average molecular weight is 384 g/mol. The molecule has 23 heavy (non-hydrogen) atoms. The number of hydrogen-bond donors (Lipinski definition) is 3. The molecule has 0 bridgehead atoms. The van der Waals surface area contributed by atoms with Crippen molar-refractivity contribution in [1.29, 1.82) is 0 Å². The summed E-state index contributed by atoms with van der Waals surface area (Å²) in [5.74, 6) is -0.956. The zero-order valence-corrected chi connectivity index (χ0v) is 14.8. The van der Waals surface area contributed by atoms with Gasteiger partial charge in [-0.2, -0.15) is 0 Å². The van der Waals surface area contributed by atoms with Gasteiger partial charge in [-0.15, -0.1) is 0 Å². The van der Waals surface area contributed by atoms with E-state index in [0.717, 1.165) is 10.0 Å². The lowest BCUT2D eigenvalue weighted by atomic mass is 10.0. The zero-order chi connectivity index (χ0) is 17.0. The Balaban J connectivity index is 1.99. The lowest BCUT2D eigenvalue weighted by Gasteiger charge is -2.28. The van der Waals surface area contributed by atoms with E-state index in [2.05, 4.69) is 26.8 Å². The fourth-order valence-electron chi connectivity index (χ4n) is 2.67. The van der Waals surface area contributed by atoms with Crippen molar-refractivity contribution < 1.29 is 14.7 Å². The summed E-state index contributed by atoms with van der Waals surface area (Å²) in [6, 6.07) is 7.65. The number of hydrazine groups is 1. The van der Waals surface area contributed by atoms with Crippen LogP contribution in [0.3, 0.4) is 0 Å². The molecular weight excluding hydrogens is 362 g/mol. The predicted octanol–water partition coefficient (Wildman–Crippen LogP) is 2.07. The molecule has 2 rings (SSSR count). The molecule has 1 saturated heterocycles. The van der Waals surface area contributed by atoms with E-state index in [1.165, 1.54) is 0 Å². The van der Waals surface area contributed by atoms with Gasteiger partial charge in [0.1, 0.15) is 6.04 Å². The van der Waals surface area contributed by atoms with Crippen molar-refractivity contribution >= 4 is 27.8 Å². The Bertz CT molecular complexity index is 562. The number of carbonyl (C=O) groups excluding carboxylic acids is 1. The molecule has 3 N–H and O–H groups in total. The number of carbonyl (C=O) groups is 2. The van der Waals surface area contributed by atoms with Crippen molar-refractivity contribution in [1.82, 2.24) is 15.8 Å². The van der Waals surface area contributed by atoms with Crippen LogP contribution in [-0.2, 0) is 9.59 Å². The van der Waals surface area contributed by atoms with Crippen LogP contribution in [0.25, 0.3) is 0 Å². The molecule has 6 nitrogen and oxygen atoms in total. The summed E-state index contributed by atoms with van der Waals surface area (Å²) in [5.41, 5.74) is 7.30. The highest BCUT2D eigenvalue weighted by molar-refractivity contribution is 9.10. The summed E-state index contributed by atoms with van der Waals surface area (Å²) in [5, 5.41) is 8.83. The topological polar surface area (TPSA) is 81.7 Å². The largest absolute Gasteiger partial charge is 0.481 e. The molecule has 1 aliphatic heterocycles. The third kappa shape index (κ3) is 4.76. The maximum Gasteiger partial charge on any atom is 0.305 e. The van der Waals surface area contributed by atoms with Crippen molar-refractivity contribution in [3.63, 3.8) is 0 Å². The molecule has 1 aromatic rings. The predicted molar refractivity (Wildman–Crippen MR) is 90.7 cm³/mol. The standard InChI is InChI=1S/C16H22BrN3O3/c1-10(2)20(8-7-15(21)22)16(23)14-9-13(18-19-14)11-3-5-12(17)6-4-11/h3-6,10,13-14,18-19H,7-9H2,1-2H3,(H,21,22). The highest BCUT2D eigenvalue weighted by Crippen LogP contribution is 2.25. The smallest absolute Gasteiger partial charge is 0.305 e. The Hall–Kier alpha value is -1.44. The van der Waals surface area contributed by atoms with Crippen molar-refractivity contribution in [2.45, 2.75) is 44.8 Å². The molecule has 126 valence electrons.